The first-order valence-corrected chi connectivity index (χ1v) is 11.2. The van der Waals surface area contributed by atoms with Crippen LogP contribution in [0.15, 0.2) is 11.6 Å². The van der Waals surface area contributed by atoms with Crippen LogP contribution in [0.4, 0.5) is 0 Å². The van der Waals surface area contributed by atoms with Crippen molar-refractivity contribution in [2.75, 3.05) is 26.7 Å². The van der Waals surface area contributed by atoms with E-state index < -0.39 is 0 Å². The average Bonchev–Trinajstić information content (AvgIpc) is 2.60. The minimum absolute atomic E-state index is 0.229. The van der Waals surface area contributed by atoms with Crippen LogP contribution in [0.5, 0.6) is 0 Å². The van der Waals surface area contributed by atoms with Gasteiger partial charge in [-0.05, 0) is 77.0 Å². The molecule has 0 rings (SSSR count). The van der Waals surface area contributed by atoms with Crippen molar-refractivity contribution >= 4 is 0 Å². The van der Waals surface area contributed by atoms with Crippen molar-refractivity contribution in [1.82, 2.24) is 10.2 Å². The van der Waals surface area contributed by atoms with Crippen LogP contribution in [0.1, 0.15) is 94.4 Å². The molecule has 1 unspecified atom stereocenters. The number of hydrogen-bond acceptors (Lipinski definition) is 3. The molecular weight excluding hydrogens is 332 g/mol. The summed E-state index contributed by atoms with van der Waals surface area (Å²) < 4.78 is 6.31. The lowest BCUT2D eigenvalue weighted by molar-refractivity contribution is -0.0503. The van der Waals surface area contributed by atoms with Crippen LogP contribution in [0.3, 0.4) is 0 Å². The Labute approximate surface area is 171 Å². The first-order valence-electron chi connectivity index (χ1n) is 11.2. The highest BCUT2D eigenvalue weighted by atomic mass is 16.5. The standard InChI is InChI=1S/C24H50N2O/c1-11-22(15-17-26(10)21(6)18-23(7,8)12-2)19-27-24(9,13-3)25-16-14-20(4)5/h11,20-21,25H,12-19H2,1-10H3/b22-11+/t21-,24?/m1/s1. The van der Waals surface area contributed by atoms with E-state index in [1.807, 2.05) is 0 Å². The molecule has 0 aromatic carbocycles. The van der Waals surface area contributed by atoms with E-state index in [1.165, 1.54) is 24.8 Å². The van der Waals surface area contributed by atoms with E-state index in [9.17, 15) is 0 Å². The lowest BCUT2D eigenvalue weighted by atomic mass is 9.83. The molecule has 3 heteroatoms. The molecule has 0 heterocycles. The molecule has 0 amide bonds. The molecule has 0 aliphatic rings. The molecule has 0 saturated carbocycles. The van der Waals surface area contributed by atoms with E-state index in [-0.39, 0.29) is 5.72 Å². The molecule has 0 aliphatic heterocycles. The van der Waals surface area contributed by atoms with Gasteiger partial charge in [-0.25, -0.2) is 0 Å². The van der Waals surface area contributed by atoms with E-state index in [2.05, 4.69) is 85.7 Å². The van der Waals surface area contributed by atoms with Crippen LogP contribution in [0.2, 0.25) is 0 Å². The molecule has 1 N–H and O–H groups in total. The Morgan fingerprint density at radius 3 is 2.22 bits per heavy atom. The molecule has 0 fully saturated rings. The lowest BCUT2D eigenvalue weighted by Gasteiger charge is -2.33. The van der Waals surface area contributed by atoms with Crippen LogP contribution in [-0.2, 0) is 4.74 Å². The summed E-state index contributed by atoms with van der Waals surface area (Å²) in [5, 5.41) is 3.61. The molecule has 27 heavy (non-hydrogen) atoms. The third kappa shape index (κ3) is 11.9. The number of ether oxygens (including phenoxy) is 1. The zero-order valence-corrected chi connectivity index (χ0v) is 20.2. The first-order chi connectivity index (χ1) is 12.5. The van der Waals surface area contributed by atoms with Gasteiger partial charge in [0.25, 0.3) is 0 Å². The molecule has 2 atom stereocenters. The number of rotatable bonds is 15. The lowest BCUT2D eigenvalue weighted by Crippen LogP contribution is -2.45. The minimum atomic E-state index is -0.229. The summed E-state index contributed by atoms with van der Waals surface area (Å²) in [6, 6.07) is 0.609. The van der Waals surface area contributed by atoms with Gasteiger partial charge in [-0.15, -0.1) is 0 Å². The van der Waals surface area contributed by atoms with Gasteiger partial charge in [-0.2, -0.15) is 0 Å². The summed E-state index contributed by atoms with van der Waals surface area (Å²) in [7, 11) is 2.26. The van der Waals surface area contributed by atoms with E-state index in [4.69, 9.17) is 4.74 Å². The first kappa shape index (κ1) is 26.6. The predicted molar refractivity (Wildman–Crippen MR) is 121 cm³/mol. The van der Waals surface area contributed by atoms with Crippen molar-refractivity contribution in [3.05, 3.63) is 11.6 Å². The van der Waals surface area contributed by atoms with E-state index in [1.54, 1.807) is 0 Å². The quantitative estimate of drug-likeness (QED) is 0.268. The van der Waals surface area contributed by atoms with E-state index >= 15 is 0 Å². The fraction of sp³-hybridized carbons (Fsp3) is 0.917. The Balaban J connectivity index is 4.44. The molecule has 0 aromatic heterocycles. The molecule has 0 aromatic rings. The Morgan fingerprint density at radius 1 is 1.11 bits per heavy atom. The van der Waals surface area contributed by atoms with Gasteiger partial charge in [0.05, 0.1) is 6.61 Å². The number of nitrogens with one attached hydrogen (secondary N) is 1. The second kappa shape index (κ2) is 13.0. The fourth-order valence-corrected chi connectivity index (χ4v) is 3.10. The zero-order chi connectivity index (χ0) is 21.1. The van der Waals surface area contributed by atoms with Crippen LogP contribution >= 0.6 is 0 Å². The Morgan fingerprint density at radius 2 is 1.74 bits per heavy atom. The van der Waals surface area contributed by atoms with Crippen LogP contribution in [0.25, 0.3) is 0 Å². The van der Waals surface area contributed by atoms with E-state index in [0.29, 0.717) is 11.5 Å². The van der Waals surface area contributed by atoms with Gasteiger partial charge in [0, 0.05) is 12.6 Å². The third-order valence-corrected chi connectivity index (χ3v) is 6.22. The molecule has 0 radical (unpaired) electrons. The number of allylic oxidation sites excluding steroid dienone is 1. The van der Waals surface area contributed by atoms with Crippen LogP contribution < -0.4 is 5.32 Å². The van der Waals surface area contributed by atoms with Gasteiger partial charge in [-0.3, -0.25) is 5.32 Å². The van der Waals surface area contributed by atoms with Gasteiger partial charge in [0.2, 0.25) is 0 Å². The summed E-state index contributed by atoms with van der Waals surface area (Å²) >= 11 is 0. The maximum atomic E-state index is 6.31. The average molecular weight is 383 g/mol. The molecular formula is C24H50N2O. The van der Waals surface area contributed by atoms with Crippen LogP contribution in [-0.4, -0.2) is 43.4 Å². The summed E-state index contributed by atoms with van der Waals surface area (Å²) in [6.07, 6.45) is 7.96. The Kier molecular flexibility index (Phi) is 12.8. The van der Waals surface area contributed by atoms with Gasteiger partial charge in [-0.1, -0.05) is 54.0 Å². The predicted octanol–water partition coefficient (Wildman–Crippen LogP) is 6.25. The number of hydrogen-bond donors (Lipinski definition) is 1. The Bertz CT molecular complexity index is 417. The monoisotopic (exact) mass is 382 g/mol. The van der Waals surface area contributed by atoms with Crippen LogP contribution in [0, 0.1) is 11.3 Å². The maximum absolute atomic E-state index is 6.31. The highest BCUT2D eigenvalue weighted by Crippen LogP contribution is 2.27. The summed E-state index contributed by atoms with van der Waals surface area (Å²) in [5.41, 5.74) is 1.59. The molecule has 0 saturated heterocycles. The minimum Gasteiger partial charge on any atom is -0.357 e. The van der Waals surface area contributed by atoms with Crippen molar-refractivity contribution < 1.29 is 4.74 Å². The Hall–Kier alpha value is -0.380. The molecule has 0 aliphatic carbocycles. The van der Waals surface area contributed by atoms with Crippen molar-refractivity contribution in [3.8, 4) is 0 Å². The van der Waals surface area contributed by atoms with Gasteiger partial charge in [0.1, 0.15) is 5.72 Å². The topological polar surface area (TPSA) is 24.5 Å². The summed E-state index contributed by atoms with van der Waals surface area (Å²) in [4.78, 5) is 2.50. The molecule has 162 valence electrons. The highest BCUT2D eigenvalue weighted by Gasteiger charge is 2.23. The molecule has 0 spiro atoms. The van der Waals surface area contributed by atoms with Crippen molar-refractivity contribution in [2.24, 2.45) is 11.3 Å². The van der Waals surface area contributed by atoms with Gasteiger partial charge >= 0.3 is 0 Å². The van der Waals surface area contributed by atoms with Crippen molar-refractivity contribution in [2.45, 2.75) is 106 Å². The van der Waals surface area contributed by atoms with Crippen molar-refractivity contribution in [3.63, 3.8) is 0 Å². The van der Waals surface area contributed by atoms with Gasteiger partial charge in [0.15, 0.2) is 0 Å². The van der Waals surface area contributed by atoms with Crippen molar-refractivity contribution in [1.29, 1.82) is 0 Å². The number of nitrogens with zero attached hydrogens (tertiary/aromatic N) is 1. The second-order valence-corrected chi connectivity index (χ2v) is 9.73. The summed E-state index contributed by atoms with van der Waals surface area (Å²) in [5.74, 6) is 0.722. The highest BCUT2D eigenvalue weighted by molar-refractivity contribution is 5.02. The molecule has 3 nitrogen and oxygen atoms in total. The maximum Gasteiger partial charge on any atom is 0.116 e. The smallest absolute Gasteiger partial charge is 0.116 e. The normalized spacial score (nSPS) is 16.8. The second-order valence-electron chi connectivity index (χ2n) is 9.73. The fourth-order valence-electron chi connectivity index (χ4n) is 3.10. The summed E-state index contributed by atoms with van der Waals surface area (Å²) in [6.45, 7) is 23.3. The zero-order valence-electron chi connectivity index (χ0n) is 20.2. The van der Waals surface area contributed by atoms with E-state index in [0.717, 1.165) is 38.5 Å². The van der Waals surface area contributed by atoms with Gasteiger partial charge < -0.3 is 9.64 Å². The molecule has 0 bridgehead atoms. The third-order valence-electron chi connectivity index (χ3n) is 6.22. The SMILES string of the molecule is C/C=C(\CCN(C)[C@H](C)CC(C)(C)CC)COC(C)(CC)NCCC(C)C. The largest absolute Gasteiger partial charge is 0.357 e.